The van der Waals surface area contributed by atoms with E-state index in [-0.39, 0.29) is 5.82 Å². The minimum Gasteiger partial charge on any atom is -0.491 e. The van der Waals surface area contributed by atoms with Crippen molar-refractivity contribution >= 4 is 15.9 Å². The number of alkyl halides is 1. The molecule has 0 aromatic heterocycles. The summed E-state index contributed by atoms with van der Waals surface area (Å²) in [4.78, 5) is 0. The van der Waals surface area contributed by atoms with E-state index in [1.54, 1.807) is 12.1 Å². The van der Waals surface area contributed by atoms with Gasteiger partial charge in [0.15, 0.2) is 11.6 Å². The average molecular weight is 261 g/mol. The first-order chi connectivity index (χ1) is 6.79. The van der Waals surface area contributed by atoms with E-state index in [1.165, 1.54) is 0 Å². The highest BCUT2D eigenvalue weighted by molar-refractivity contribution is 9.09. The van der Waals surface area contributed by atoms with Gasteiger partial charge in [-0.2, -0.15) is 0 Å². The Hall–Kier alpha value is -0.570. The van der Waals surface area contributed by atoms with Crippen LogP contribution < -0.4 is 4.74 Å². The van der Waals surface area contributed by atoms with Crippen molar-refractivity contribution in [1.82, 2.24) is 0 Å². The molecule has 0 amide bonds. The summed E-state index contributed by atoms with van der Waals surface area (Å²) in [7, 11) is 0. The number of hydrogen-bond acceptors (Lipinski definition) is 1. The molecule has 0 saturated heterocycles. The van der Waals surface area contributed by atoms with Crippen molar-refractivity contribution in [3.63, 3.8) is 0 Å². The summed E-state index contributed by atoms with van der Waals surface area (Å²) in [5.74, 6) is 0.148. The van der Waals surface area contributed by atoms with Crippen LogP contribution in [-0.2, 0) is 6.42 Å². The van der Waals surface area contributed by atoms with Crippen LogP contribution in [0.15, 0.2) is 18.2 Å². The molecule has 0 saturated carbocycles. The Morgan fingerprint density at radius 3 is 2.86 bits per heavy atom. The molecule has 1 rings (SSSR count). The van der Waals surface area contributed by atoms with Gasteiger partial charge in [0.25, 0.3) is 0 Å². The summed E-state index contributed by atoms with van der Waals surface area (Å²) in [5, 5.41) is 0.894. The first-order valence-electron chi connectivity index (χ1n) is 4.75. The second-order valence-electron chi connectivity index (χ2n) is 2.95. The molecule has 1 aromatic carbocycles. The fraction of sp³-hybridized carbons (Fsp3) is 0.455. The Morgan fingerprint density at radius 1 is 1.43 bits per heavy atom. The summed E-state index contributed by atoms with van der Waals surface area (Å²) in [6.45, 7) is 2.35. The molecule has 0 bridgehead atoms. The number of ether oxygens (including phenoxy) is 1. The molecular weight excluding hydrogens is 247 g/mol. The van der Waals surface area contributed by atoms with Crippen molar-refractivity contribution < 1.29 is 9.13 Å². The molecule has 0 atom stereocenters. The molecule has 0 heterocycles. The maximum atomic E-state index is 13.6. The van der Waals surface area contributed by atoms with Crippen molar-refractivity contribution in [1.29, 1.82) is 0 Å². The van der Waals surface area contributed by atoms with Crippen LogP contribution in [-0.4, -0.2) is 11.9 Å². The van der Waals surface area contributed by atoms with Crippen molar-refractivity contribution in [2.75, 3.05) is 11.9 Å². The lowest BCUT2D eigenvalue weighted by molar-refractivity contribution is 0.320. The topological polar surface area (TPSA) is 9.23 Å². The lowest BCUT2D eigenvalue weighted by atomic mass is 10.1. The van der Waals surface area contributed by atoms with Crippen LogP contribution in [0.5, 0.6) is 5.75 Å². The van der Waals surface area contributed by atoms with Gasteiger partial charge in [-0.05, 0) is 31.4 Å². The standard InChI is InChI=1S/C11H14BrFO/c1-2-14-10-7-3-5-9(11(10)13)6-4-8-12/h3,5,7H,2,4,6,8H2,1H3. The Bertz CT molecular complexity index is 289. The number of halogens is 2. The fourth-order valence-corrected chi connectivity index (χ4v) is 1.55. The van der Waals surface area contributed by atoms with Gasteiger partial charge in [-0.15, -0.1) is 0 Å². The highest BCUT2D eigenvalue weighted by atomic mass is 79.9. The first-order valence-corrected chi connectivity index (χ1v) is 5.88. The molecule has 0 aliphatic carbocycles. The highest BCUT2D eigenvalue weighted by Crippen LogP contribution is 2.21. The smallest absolute Gasteiger partial charge is 0.168 e. The van der Waals surface area contributed by atoms with Crippen molar-refractivity contribution in [3.05, 3.63) is 29.6 Å². The zero-order valence-corrected chi connectivity index (χ0v) is 9.81. The molecule has 0 spiro atoms. The Labute approximate surface area is 92.4 Å². The van der Waals surface area contributed by atoms with Crippen molar-refractivity contribution in [2.24, 2.45) is 0 Å². The summed E-state index contributed by atoms with van der Waals surface area (Å²) in [5.41, 5.74) is 0.732. The van der Waals surface area contributed by atoms with Gasteiger partial charge in [0.05, 0.1) is 6.61 Å². The maximum absolute atomic E-state index is 13.6. The van der Waals surface area contributed by atoms with Crippen LogP contribution in [0.4, 0.5) is 4.39 Å². The average Bonchev–Trinajstić information content (AvgIpc) is 2.20. The van der Waals surface area contributed by atoms with Gasteiger partial charge in [0.1, 0.15) is 0 Å². The number of hydrogen-bond donors (Lipinski definition) is 0. The van der Waals surface area contributed by atoms with Gasteiger partial charge in [0.2, 0.25) is 0 Å². The molecule has 1 aromatic rings. The molecule has 0 radical (unpaired) electrons. The molecule has 0 N–H and O–H groups in total. The van der Waals surface area contributed by atoms with Crippen LogP contribution in [0.3, 0.4) is 0 Å². The number of rotatable bonds is 5. The Morgan fingerprint density at radius 2 is 2.21 bits per heavy atom. The van der Waals surface area contributed by atoms with Gasteiger partial charge in [0, 0.05) is 5.33 Å². The van der Waals surface area contributed by atoms with Crippen molar-refractivity contribution in [3.8, 4) is 5.75 Å². The molecule has 0 fully saturated rings. The van der Waals surface area contributed by atoms with E-state index in [0.29, 0.717) is 12.4 Å². The largest absolute Gasteiger partial charge is 0.491 e. The van der Waals surface area contributed by atoms with Crippen LogP contribution in [0, 0.1) is 5.82 Å². The van der Waals surface area contributed by atoms with Gasteiger partial charge in [-0.25, -0.2) is 4.39 Å². The van der Waals surface area contributed by atoms with Crippen molar-refractivity contribution in [2.45, 2.75) is 19.8 Å². The molecule has 14 heavy (non-hydrogen) atoms. The third-order valence-corrected chi connectivity index (χ3v) is 2.48. The summed E-state index contributed by atoms with van der Waals surface area (Å²) in [6.07, 6.45) is 1.69. The first kappa shape index (κ1) is 11.5. The van der Waals surface area contributed by atoms with Crippen LogP contribution in [0.2, 0.25) is 0 Å². The van der Waals surface area contributed by atoms with Gasteiger partial charge >= 0.3 is 0 Å². The van der Waals surface area contributed by atoms with E-state index in [2.05, 4.69) is 15.9 Å². The molecule has 3 heteroatoms. The Balaban J connectivity index is 2.78. The van der Waals surface area contributed by atoms with E-state index in [9.17, 15) is 4.39 Å². The van der Waals surface area contributed by atoms with Gasteiger partial charge < -0.3 is 4.74 Å². The zero-order chi connectivity index (χ0) is 10.4. The summed E-state index contributed by atoms with van der Waals surface area (Å²) < 4.78 is 18.8. The predicted molar refractivity (Wildman–Crippen MR) is 59.7 cm³/mol. The molecule has 78 valence electrons. The molecule has 0 unspecified atom stereocenters. The monoisotopic (exact) mass is 260 g/mol. The minimum absolute atomic E-state index is 0.213. The molecular formula is C11H14BrFO. The van der Waals surface area contributed by atoms with Gasteiger partial charge in [-0.3, -0.25) is 0 Å². The quantitative estimate of drug-likeness (QED) is 0.736. The zero-order valence-electron chi connectivity index (χ0n) is 8.22. The molecule has 1 nitrogen and oxygen atoms in total. The maximum Gasteiger partial charge on any atom is 0.168 e. The number of aryl methyl sites for hydroxylation is 1. The van der Waals surface area contributed by atoms with Crippen LogP contribution in [0.1, 0.15) is 18.9 Å². The third kappa shape index (κ3) is 2.98. The molecule has 0 aliphatic heterocycles. The highest BCUT2D eigenvalue weighted by Gasteiger charge is 2.07. The molecule has 0 aliphatic rings. The predicted octanol–water partition coefficient (Wildman–Crippen LogP) is 3.55. The summed E-state index contributed by atoms with van der Waals surface area (Å²) in [6, 6.07) is 5.30. The minimum atomic E-state index is -0.213. The van der Waals surface area contributed by atoms with E-state index in [4.69, 9.17) is 4.74 Å². The Kier molecular flexibility index (Phi) is 4.94. The van der Waals surface area contributed by atoms with E-state index >= 15 is 0 Å². The second kappa shape index (κ2) is 6.02. The van der Waals surface area contributed by atoms with E-state index < -0.39 is 0 Å². The van der Waals surface area contributed by atoms with E-state index in [0.717, 1.165) is 23.7 Å². The van der Waals surface area contributed by atoms with Crippen LogP contribution in [0.25, 0.3) is 0 Å². The lowest BCUT2D eigenvalue weighted by Crippen LogP contribution is -1.98. The third-order valence-electron chi connectivity index (χ3n) is 1.92. The SMILES string of the molecule is CCOc1cccc(CCCBr)c1F. The van der Waals surface area contributed by atoms with Gasteiger partial charge in [-0.1, -0.05) is 28.1 Å². The summed E-state index contributed by atoms with van der Waals surface area (Å²) >= 11 is 3.33. The van der Waals surface area contributed by atoms with Crippen LogP contribution >= 0.6 is 15.9 Å². The lowest BCUT2D eigenvalue weighted by Gasteiger charge is -2.07. The number of benzene rings is 1. The second-order valence-corrected chi connectivity index (χ2v) is 3.75. The normalized spacial score (nSPS) is 10.2. The van der Waals surface area contributed by atoms with E-state index in [1.807, 2.05) is 13.0 Å². The fourth-order valence-electron chi connectivity index (χ4n) is 1.27.